The Balaban J connectivity index is 2.71. The lowest BCUT2D eigenvalue weighted by molar-refractivity contribution is 0.625. The molecule has 0 aliphatic rings. The molecule has 1 heterocycles. The molecule has 1 aromatic heterocycles. The van der Waals surface area contributed by atoms with Gasteiger partial charge in [-0.1, -0.05) is 29.1 Å². The van der Waals surface area contributed by atoms with E-state index in [1.807, 2.05) is 13.0 Å². The molecule has 4 heteroatoms. The van der Waals surface area contributed by atoms with Crippen LogP contribution in [0.25, 0.3) is 0 Å². The number of nitrogens with one attached hydrogen (secondary N) is 1. The van der Waals surface area contributed by atoms with E-state index in [-0.39, 0.29) is 6.04 Å². The maximum Gasteiger partial charge on any atom is 0.0991 e. The minimum absolute atomic E-state index is 0.146. The van der Waals surface area contributed by atoms with Gasteiger partial charge in [0, 0.05) is 6.04 Å². The van der Waals surface area contributed by atoms with Crippen molar-refractivity contribution in [2.45, 2.75) is 13.0 Å². The average molecular weight is 234 g/mol. The molecule has 0 aromatic carbocycles. The van der Waals surface area contributed by atoms with Crippen LogP contribution >= 0.6 is 34.5 Å². The van der Waals surface area contributed by atoms with Gasteiger partial charge in [-0.05, 0) is 18.6 Å². The number of hydrogen-bond acceptors (Lipinski definition) is 2. The Morgan fingerprint density at radius 1 is 1.69 bits per heavy atom. The van der Waals surface area contributed by atoms with Crippen LogP contribution in [0.1, 0.15) is 18.5 Å². The van der Waals surface area contributed by atoms with E-state index in [0.29, 0.717) is 10.9 Å². The number of hydrogen-bond donors (Lipinski definition) is 1. The van der Waals surface area contributed by atoms with Gasteiger partial charge in [-0.25, -0.2) is 0 Å². The molecule has 1 rings (SSSR count). The second-order valence-corrected chi connectivity index (χ2v) is 4.87. The minimum atomic E-state index is 0.146. The Morgan fingerprint density at radius 3 is 2.85 bits per heavy atom. The van der Waals surface area contributed by atoms with Crippen LogP contribution in [0.4, 0.5) is 0 Å². The molecule has 0 saturated heterocycles. The zero-order chi connectivity index (χ0) is 9.84. The summed E-state index contributed by atoms with van der Waals surface area (Å²) in [7, 11) is 0. The van der Waals surface area contributed by atoms with Crippen LogP contribution in [0, 0.1) is 12.3 Å². The largest absolute Gasteiger partial charge is 0.300 e. The van der Waals surface area contributed by atoms with E-state index in [9.17, 15) is 0 Å². The van der Waals surface area contributed by atoms with Crippen LogP contribution in [0.15, 0.2) is 6.07 Å². The Bertz CT molecular complexity index is 327. The lowest BCUT2D eigenvalue weighted by Crippen LogP contribution is -2.18. The minimum Gasteiger partial charge on any atom is -0.300 e. The molecule has 1 atom stereocenters. The summed E-state index contributed by atoms with van der Waals surface area (Å²) in [6.45, 7) is 2.53. The average Bonchev–Trinajstić information content (AvgIpc) is 2.41. The molecule has 1 aromatic rings. The summed E-state index contributed by atoms with van der Waals surface area (Å²) in [5.74, 6) is 2.51. The molecule has 1 nitrogen and oxygen atoms in total. The highest BCUT2D eigenvalue weighted by Crippen LogP contribution is 2.34. The van der Waals surface area contributed by atoms with Crippen molar-refractivity contribution in [3.05, 3.63) is 20.3 Å². The van der Waals surface area contributed by atoms with E-state index in [0.717, 1.165) is 9.90 Å². The molecule has 1 unspecified atom stereocenters. The maximum atomic E-state index is 5.96. The van der Waals surface area contributed by atoms with Crippen molar-refractivity contribution in [2.75, 3.05) is 6.54 Å². The molecule has 0 saturated carbocycles. The van der Waals surface area contributed by atoms with Crippen LogP contribution in [0.5, 0.6) is 0 Å². The van der Waals surface area contributed by atoms with Gasteiger partial charge in [0.15, 0.2) is 0 Å². The molecule has 70 valence electrons. The van der Waals surface area contributed by atoms with Crippen molar-refractivity contribution >= 4 is 34.5 Å². The predicted octanol–water partition coefficient (Wildman–Crippen LogP) is 3.34. The van der Waals surface area contributed by atoms with Crippen LogP contribution in [-0.4, -0.2) is 6.54 Å². The van der Waals surface area contributed by atoms with Crippen LogP contribution in [0.3, 0.4) is 0 Å². The lowest BCUT2D eigenvalue weighted by atomic mass is 10.2. The van der Waals surface area contributed by atoms with Crippen LogP contribution in [-0.2, 0) is 0 Å². The molecular weight excluding hydrogens is 225 g/mol. The number of terminal acetylenes is 1. The van der Waals surface area contributed by atoms with Crippen molar-refractivity contribution in [1.29, 1.82) is 0 Å². The first-order valence-electron chi connectivity index (χ1n) is 3.76. The van der Waals surface area contributed by atoms with E-state index in [1.54, 1.807) is 0 Å². The standard InChI is InChI=1S/C9H9Cl2NS/c1-3-4-12-6(2)7-5-8(10)13-9(7)11/h1,5-6,12H,4H2,2H3. The molecule has 0 aliphatic heterocycles. The summed E-state index contributed by atoms with van der Waals surface area (Å²) in [4.78, 5) is 0. The van der Waals surface area contributed by atoms with E-state index < -0.39 is 0 Å². The van der Waals surface area contributed by atoms with Gasteiger partial charge in [0.25, 0.3) is 0 Å². The van der Waals surface area contributed by atoms with Gasteiger partial charge in [-0.3, -0.25) is 5.32 Å². The zero-order valence-corrected chi connectivity index (χ0v) is 9.43. The third-order valence-electron chi connectivity index (χ3n) is 1.66. The smallest absolute Gasteiger partial charge is 0.0991 e. The molecular formula is C9H9Cl2NS. The highest BCUT2D eigenvalue weighted by atomic mass is 35.5. The second kappa shape index (κ2) is 4.88. The van der Waals surface area contributed by atoms with Crippen molar-refractivity contribution < 1.29 is 0 Å². The highest BCUT2D eigenvalue weighted by Gasteiger charge is 2.11. The van der Waals surface area contributed by atoms with E-state index in [4.69, 9.17) is 29.6 Å². The summed E-state index contributed by atoms with van der Waals surface area (Å²) in [6.07, 6.45) is 5.13. The van der Waals surface area contributed by atoms with Crippen molar-refractivity contribution in [3.63, 3.8) is 0 Å². The zero-order valence-electron chi connectivity index (χ0n) is 7.10. The number of halogens is 2. The van der Waals surface area contributed by atoms with Gasteiger partial charge < -0.3 is 0 Å². The Hall–Kier alpha value is -0.200. The Morgan fingerprint density at radius 2 is 2.38 bits per heavy atom. The quantitative estimate of drug-likeness (QED) is 0.791. The van der Waals surface area contributed by atoms with Crippen LogP contribution in [0.2, 0.25) is 8.67 Å². The van der Waals surface area contributed by atoms with E-state index in [1.165, 1.54) is 11.3 Å². The number of thiophene rings is 1. The molecule has 13 heavy (non-hydrogen) atoms. The van der Waals surface area contributed by atoms with Crippen molar-refractivity contribution in [3.8, 4) is 12.3 Å². The molecule has 1 N–H and O–H groups in total. The fourth-order valence-corrected chi connectivity index (χ4v) is 2.62. The second-order valence-electron chi connectivity index (χ2n) is 2.59. The summed E-state index contributed by atoms with van der Waals surface area (Å²) < 4.78 is 1.43. The molecule has 0 radical (unpaired) electrons. The van der Waals surface area contributed by atoms with Gasteiger partial charge in [-0.2, -0.15) is 0 Å². The van der Waals surface area contributed by atoms with Gasteiger partial charge in [0.2, 0.25) is 0 Å². The molecule has 0 aliphatic carbocycles. The fraction of sp³-hybridized carbons (Fsp3) is 0.333. The molecule has 0 fully saturated rings. The topological polar surface area (TPSA) is 12.0 Å². The third-order valence-corrected chi connectivity index (χ3v) is 3.18. The predicted molar refractivity (Wildman–Crippen MR) is 59.6 cm³/mol. The highest BCUT2D eigenvalue weighted by molar-refractivity contribution is 7.20. The first kappa shape index (κ1) is 10.9. The van der Waals surface area contributed by atoms with E-state index >= 15 is 0 Å². The van der Waals surface area contributed by atoms with Crippen LogP contribution < -0.4 is 5.32 Å². The third kappa shape index (κ3) is 2.89. The summed E-state index contributed by atoms with van der Waals surface area (Å²) >= 11 is 13.1. The first-order chi connectivity index (χ1) is 6.15. The van der Waals surface area contributed by atoms with Crippen molar-refractivity contribution in [2.24, 2.45) is 0 Å². The van der Waals surface area contributed by atoms with Crippen molar-refractivity contribution in [1.82, 2.24) is 5.32 Å². The molecule has 0 bridgehead atoms. The maximum absolute atomic E-state index is 5.96. The van der Waals surface area contributed by atoms with Gasteiger partial charge in [-0.15, -0.1) is 17.8 Å². The summed E-state index contributed by atoms with van der Waals surface area (Å²) in [5, 5.41) is 3.13. The normalized spacial score (nSPS) is 12.5. The Kier molecular flexibility index (Phi) is 4.08. The summed E-state index contributed by atoms with van der Waals surface area (Å²) in [6, 6.07) is 2.01. The Labute approximate surface area is 92.1 Å². The molecule has 0 spiro atoms. The first-order valence-corrected chi connectivity index (χ1v) is 5.34. The number of rotatable bonds is 3. The van der Waals surface area contributed by atoms with Gasteiger partial charge in [0.1, 0.15) is 0 Å². The summed E-state index contributed by atoms with van der Waals surface area (Å²) in [5.41, 5.74) is 1.01. The SMILES string of the molecule is C#CCNC(C)c1cc(Cl)sc1Cl. The molecule has 0 amide bonds. The van der Waals surface area contributed by atoms with Gasteiger partial charge in [0.05, 0.1) is 15.2 Å². The van der Waals surface area contributed by atoms with E-state index in [2.05, 4.69) is 11.2 Å². The van der Waals surface area contributed by atoms with Gasteiger partial charge >= 0.3 is 0 Å². The monoisotopic (exact) mass is 233 g/mol. The lowest BCUT2D eigenvalue weighted by Gasteiger charge is -2.09. The fourth-order valence-electron chi connectivity index (χ4n) is 0.970.